The Labute approximate surface area is 252 Å². The third-order valence-corrected chi connectivity index (χ3v) is 7.35. The zero-order valence-corrected chi connectivity index (χ0v) is 26.4. The van der Waals surface area contributed by atoms with E-state index in [0.29, 0.717) is 0 Å². The lowest BCUT2D eigenvalue weighted by Gasteiger charge is -2.06. The molecule has 0 bridgehead atoms. The minimum absolute atomic E-state index is 0.875. The van der Waals surface area contributed by atoms with Gasteiger partial charge in [-0.05, 0) is 87.6 Å². The molecular weight excluding hydrogens is 496 g/mol. The fourth-order valence-corrected chi connectivity index (χ4v) is 4.91. The summed E-state index contributed by atoms with van der Waals surface area (Å²) in [4.78, 5) is 9.91. The van der Waals surface area contributed by atoms with E-state index >= 15 is 0 Å². The Balaban J connectivity index is 1.96. The highest BCUT2D eigenvalue weighted by molar-refractivity contribution is 6.36. The lowest BCUT2D eigenvalue weighted by Crippen LogP contribution is -1.96. The lowest BCUT2D eigenvalue weighted by atomic mass is 10.1. The number of hydrogen-bond acceptors (Lipinski definition) is 2. The molecule has 0 aliphatic rings. The van der Waals surface area contributed by atoms with Gasteiger partial charge in [-0.3, -0.25) is 4.99 Å². The van der Waals surface area contributed by atoms with Crippen molar-refractivity contribution in [3.8, 4) is 0 Å². The van der Waals surface area contributed by atoms with Crippen molar-refractivity contribution < 1.29 is 0 Å². The normalized spacial score (nSPS) is 12.6. The van der Waals surface area contributed by atoms with Crippen molar-refractivity contribution in [3.05, 3.63) is 96.1 Å². The molecule has 2 heteroatoms. The van der Waals surface area contributed by atoms with Gasteiger partial charge in [-0.2, -0.15) is 0 Å². The Kier molecular flexibility index (Phi) is 19.8. The molecule has 2 aromatic carbocycles. The first-order chi connectivity index (χ1) is 20.3. The number of nitrogens with zero attached hydrogens (tertiary/aromatic N) is 2. The van der Waals surface area contributed by atoms with Crippen molar-refractivity contribution >= 4 is 23.3 Å². The first-order valence-corrected chi connectivity index (χ1v) is 16.5. The van der Waals surface area contributed by atoms with Gasteiger partial charge in [-0.15, -0.1) is 0 Å². The summed E-state index contributed by atoms with van der Waals surface area (Å²) in [5.41, 5.74) is 5.51. The van der Waals surface area contributed by atoms with Gasteiger partial charge in [-0.25, -0.2) is 4.99 Å². The zero-order valence-electron chi connectivity index (χ0n) is 26.4. The number of benzene rings is 2. The van der Waals surface area contributed by atoms with E-state index in [1.54, 1.807) is 0 Å². The topological polar surface area (TPSA) is 24.7 Å². The van der Waals surface area contributed by atoms with Gasteiger partial charge in [0.05, 0.1) is 23.3 Å². The first-order valence-electron chi connectivity index (χ1n) is 16.5. The molecule has 0 aromatic heterocycles. The Bertz CT molecular complexity index is 1090. The maximum absolute atomic E-state index is 5.02. The van der Waals surface area contributed by atoms with Crippen LogP contribution in [0.2, 0.25) is 0 Å². The van der Waals surface area contributed by atoms with Crippen molar-refractivity contribution in [1.29, 1.82) is 0 Å². The van der Waals surface area contributed by atoms with Gasteiger partial charge in [0.2, 0.25) is 0 Å². The van der Waals surface area contributed by atoms with E-state index in [1.807, 2.05) is 25.3 Å². The van der Waals surface area contributed by atoms with Crippen LogP contribution in [0.25, 0.3) is 0 Å². The number of aryl methyl sites for hydroxylation is 2. The molecule has 0 saturated heterocycles. The van der Waals surface area contributed by atoms with Crippen LogP contribution >= 0.6 is 0 Å². The fraction of sp³-hybridized carbons (Fsp3) is 0.487. The second-order valence-corrected chi connectivity index (χ2v) is 11.0. The van der Waals surface area contributed by atoms with Gasteiger partial charge >= 0.3 is 0 Å². The summed E-state index contributed by atoms with van der Waals surface area (Å²) in [6, 6.07) is 17.0. The predicted molar refractivity (Wildman–Crippen MR) is 185 cm³/mol. The summed E-state index contributed by atoms with van der Waals surface area (Å²) in [5, 5.41) is 0. The highest BCUT2D eigenvalue weighted by Gasteiger charge is 2.03. The first kappa shape index (κ1) is 34.2. The third-order valence-electron chi connectivity index (χ3n) is 7.35. The summed E-state index contributed by atoms with van der Waals surface area (Å²) in [6.07, 6.45) is 35.3. The molecule has 41 heavy (non-hydrogen) atoms. The average molecular weight is 553 g/mol. The Morgan fingerprint density at radius 3 is 1.63 bits per heavy atom. The average Bonchev–Trinajstić information content (AvgIpc) is 2.99. The summed E-state index contributed by atoms with van der Waals surface area (Å²) in [6.45, 7) is 6.58. The van der Waals surface area contributed by atoms with E-state index in [9.17, 15) is 0 Å². The molecule has 0 aliphatic carbocycles. The summed E-state index contributed by atoms with van der Waals surface area (Å²) < 4.78 is 0. The smallest absolute Gasteiger partial charge is 0.0816 e. The van der Waals surface area contributed by atoms with Crippen LogP contribution in [0.4, 0.5) is 11.4 Å². The van der Waals surface area contributed by atoms with Crippen LogP contribution in [0.3, 0.4) is 0 Å². The third kappa shape index (κ3) is 16.1. The van der Waals surface area contributed by atoms with Crippen LogP contribution < -0.4 is 0 Å². The van der Waals surface area contributed by atoms with Crippen molar-refractivity contribution in [3.63, 3.8) is 0 Å². The van der Waals surface area contributed by atoms with E-state index in [2.05, 4.69) is 86.7 Å². The lowest BCUT2D eigenvalue weighted by molar-refractivity contribution is 0.637. The van der Waals surface area contributed by atoms with Crippen molar-refractivity contribution in [2.75, 3.05) is 0 Å². The molecule has 0 N–H and O–H groups in total. The molecule has 0 amide bonds. The highest BCUT2D eigenvalue weighted by Crippen LogP contribution is 2.23. The molecule has 0 heterocycles. The fourth-order valence-electron chi connectivity index (χ4n) is 4.91. The number of unbranched alkanes of at least 4 members (excludes halogenated alkanes) is 10. The molecule has 2 aromatic rings. The largest absolute Gasteiger partial charge is 0.254 e. The molecule has 0 saturated carbocycles. The number of aliphatic imine (C=N–C) groups is 2. The number of para-hydroxylation sites is 2. The monoisotopic (exact) mass is 552 g/mol. The van der Waals surface area contributed by atoms with Crippen LogP contribution in [0, 0.1) is 0 Å². The standard InChI is InChI=1S/C39H56N2/c1-4-7-9-11-13-15-17-19-21-28-35-30-23-25-32-38(35)40-34-37(27-6-3)41-39-33-26-24-31-36(39)29-22-20-18-16-14-12-10-8-5-2/h6,17-20,23-27,30-34H,4-5,7-16,21-22,28-29H2,1-3H3/b19-17+,20-18+,27-6-,40-34?,41-37?. The van der Waals surface area contributed by atoms with E-state index in [4.69, 9.17) is 9.98 Å². The van der Waals surface area contributed by atoms with Crippen LogP contribution in [0.15, 0.2) is 95.0 Å². The quantitative estimate of drug-likeness (QED) is 0.0788. The minimum Gasteiger partial charge on any atom is -0.254 e. The van der Waals surface area contributed by atoms with Crippen molar-refractivity contribution in [1.82, 2.24) is 0 Å². The van der Waals surface area contributed by atoms with Gasteiger partial charge in [0.1, 0.15) is 0 Å². The molecule has 0 aliphatic heterocycles. The SMILES string of the molecule is C/C=C\C(C=Nc1ccccc1CC/C=C/CCCCCCC)=Nc1ccccc1CC/C=C/CCCCCCC. The van der Waals surface area contributed by atoms with Gasteiger partial charge in [0, 0.05) is 0 Å². The second-order valence-electron chi connectivity index (χ2n) is 11.0. The molecule has 2 nitrogen and oxygen atoms in total. The number of rotatable bonds is 22. The Hall–Kier alpha value is -3.00. The second kappa shape index (κ2) is 23.7. The van der Waals surface area contributed by atoms with Crippen LogP contribution in [0.5, 0.6) is 0 Å². The molecule has 0 unspecified atom stereocenters. The predicted octanol–water partition coefficient (Wildman–Crippen LogP) is 12.4. The minimum atomic E-state index is 0.875. The molecule has 0 spiro atoms. The molecular formula is C39H56N2. The van der Waals surface area contributed by atoms with E-state index < -0.39 is 0 Å². The van der Waals surface area contributed by atoms with Crippen molar-refractivity contribution in [2.24, 2.45) is 9.98 Å². The van der Waals surface area contributed by atoms with Crippen molar-refractivity contribution in [2.45, 2.75) is 124 Å². The number of allylic oxidation sites excluding steroid dienone is 6. The zero-order chi connectivity index (χ0) is 29.2. The van der Waals surface area contributed by atoms with Crippen LogP contribution in [-0.4, -0.2) is 11.9 Å². The summed E-state index contributed by atoms with van der Waals surface area (Å²) in [7, 11) is 0. The highest BCUT2D eigenvalue weighted by atomic mass is 14.8. The van der Waals surface area contributed by atoms with Gasteiger partial charge in [-0.1, -0.05) is 132 Å². The van der Waals surface area contributed by atoms with Crippen LogP contribution in [0.1, 0.15) is 122 Å². The molecule has 0 fully saturated rings. The van der Waals surface area contributed by atoms with Crippen LogP contribution in [-0.2, 0) is 12.8 Å². The maximum atomic E-state index is 5.02. The molecule has 2 rings (SSSR count). The Morgan fingerprint density at radius 2 is 1.07 bits per heavy atom. The molecule has 0 radical (unpaired) electrons. The molecule has 0 atom stereocenters. The van der Waals surface area contributed by atoms with E-state index in [1.165, 1.54) is 88.2 Å². The molecule has 222 valence electrons. The maximum Gasteiger partial charge on any atom is 0.0816 e. The summed E-state index contributed by atoms with van der Waals surface area (Å²) >= 11 is 0. The van der Waals surface area contributed by atoms with Gasteiger partial charge in [0.15, 0.2) is 0 Å². The Morgan fingerprint density at radius 1 is 0.585 bits per heavy atom. The van der Waals surface area contributed by atoms with E-state index in [-0.39, 0.29) is 0 Å². The van der Waals surface area contributed by atoms with Gasteiger partial charge < -0.3 is 0 Å². The van der Waals surface area contributed by atoms with Gasteiger partial charge in [0.25, 0.3) is 0 Å². The number of hydrogen-bond donors (Lipinski definition) is 0. The summed E-state index contributed by atoms with van der Waals surface area (Å²) in [5.74, 6) is 0. The van der Waals surface area contributed by atoms with E-state index in [0.717, 1.165) is 42.8 Å².